The summed E-state index contributed by atoms with van der Waals surface area (Å²) in [6.45, 7) is 5.45. The highest BCUT2D eigenvalue weighted by atomic mass is 19.1. The monoisotopic (exact) mass is 375 g/mol. The number of hydrogen-bond acceptors (Lipinski definition) is 3. The van der Waals surface area contributed by atoms with Crippen LogP contribution >= 0.6 is 0 Å². The Hall–Kier alpha value is -2.70. The SMILES string of the molecule is CC(=O)N1C[C@H](F)C[C@H]1C(=O)N[C@@H](/C(N)=C/C=[NH2+])c1ccc(C(C)C)cc1. The van der Waals surface area contributed by atoms with Gasteiger partial charge in [-0.15, -0.1) is 0 Å². The van der Waals surface area contributed by atoms with E-state index in [0.717, 1.165) is 11.1 Å². The van der Waals surface area contributed by atoms with Gasteiger partial charge >= 0.3 is 0 Å². The first-order chi connectivity index (χ1) is 12.7. The zero-order chi connectivity index (χ0) is 20.1. The van der Waals surface area contributed by atoms with E-state index in [1.807, 2.05) is 24.3 Å². The number of carbonyl (C=O) groups excluding carboxylic acids is 2. The van der Waals surface area contributed by atoms with Gasteiger partial charge in [-0.3, -0.25) is 15.0 Å². The van der Waals surface area contributed by atoms with Gasteiger partial charge in [-0.1, -0.05) is 38.1 Å². The van der Waals surface area contributed by atoms with E-state index in [0.29, 0.717) is 11.6 Å². The van der Waals surface area contributed by atoms with Crippen molar-refractivity contribution in [2.75, 3.05) is 6.54 Å². The topological polar surface area (TPSA) is 101 Å². The van der Waals surface area contributed by atoms with E-state index < -0.39 is 24.2 Å². The van der Waals surface area contributed by atoms with Crippen molar-refractivity contribution in [3.63, 3.8) is 0 Å². The molecule has 1 fully saturated rings. The lowest BCUT2D eigenvalue weighted by molar-refractivity contribution is -0.137. The summed E-state index contributed by atoms with van der Waals surface area (Å²) in [6.07, 6.45) is 1.58. The minimum absolute atomic E-state index is 0.0168. The molecule has 0 radical (unpaired) electrons. The maximum absolute atomic E-state index is 13.8. The Morgan fingerprint density at radius 3 is 2.41 bits per heavy atom. The minimum atomic E-state index is -1.21. The van der Waals surface area contributed by atoms with Gasteiger partial charge in [0, 0.05) is 25.1 Å². The fourth-order valence-corrected chi connectivity index (χ4v) is 3.26. The molecule has 0 aromatic heterocycles. The van der Waals surface area contributed by atoms with Crippen LogP contribution in [0.25, 0.3) is 0 Å². The van der Waals surface area contributed by atoms with Crippen LogP contribution in [0.2, 0.25) is 0 Å². The number of nitrogens with zero attached hydrogens (tertiary/aromatic N) is 1. The van der Waals surface area contributed by atoms with Gasteiger partial charge in [0.1, 0.15) is 12.2 Å². The number of amides is 2. The van der Waals surface area contributed by atoms with Gasteiger partial charge in [0.2, 0.25) is 11.8 Å². The molecular weight excluding hydrogens is 347 g/mol. The van der Waals surface area contributed by atoms with Gasteiger partial charge in [0.25, 0.3) is 0 Å². The zero-order valence-electron chi connectivity index (χ0n) is 16.0. The van der Waals surface area contributed by atoms with Crippen molar-refractivity contribution in [3.05, 3.63) is 47.2 Å². The lowest BCUT2D eigenvalue weighted by Gasteiger charge is -2.26. The molecule has 27 heavy (non-hydrogen) atoms. The first kappa shape index (κ1) is 20.6. The lowest BCUT2D eigenvalue weighted by Crippen LogP contribution is -2.47. The number of rotatable bonds is 6. The number of likely N-dealkylation sites (tertiary alicyclic amines) is 1. The summed E-state index contributed by atoms with van der Waals surface area (Å²) in [4.78, 5) is 25.8. The molecule has 0 unspecified atom stereocenters. The average molecular weight is 375 g/mol. The third-order valence-electron chi connectivity index (χ3n) is 4.80. The number of halogens is 1. The highest BCUT2D eigenvalue weighted by molar-refractivity contribution is 5.88. The van der Waals surface area contributed by atoms with Gasteiger partial charge in [-0.05, 0) is 17.0 Å². The molecular formula is C20H28FN4O2+. The molecule has 5 N–H and O–H groups in total. The van der Waals surface area contributed by atoms with Crippen LogP contribution < -0.4 is 16.5 Å². The van der Waals surface area contributed by atoms with Crippen molar-refractivity contribution < 1.29 is 19.4 Å². The van der Waals surface area contributed by atoms with Crippen molar-refractivity contribution in [1.29, 1.82) is 0 Å². The van der Waals surface area contributed by atoms with E-state index in [9.17, 15) is 14.0 Å². The minimum Gasteiger partial charge on any atom is -0.400 e. The fraction of sp³-hybridized carbons (Fsp3) is 0.450. The first-order valence-electron chi connectivity index (χ1n) is 9.06. The second-order valence-electron chi connectivity index (χ2n) is 7.14. The van der Waals surface area contributed by atoms with Crippen molar-refractivity contribution >= 4 is 18.0 Å². The molecule has 1 aromatic rings. The molecule has 1 aliphatic rings. The summed E-state index contributed by atoms with van der Waals surface area (Å²) < 4.78 is 13.8. The summed E-state index contributed by atoms with van der Waals surface area (Å²) in [6, 6.07) is 6.29. The molecule has 1 heterocycles. The second kappa shape index (κ2) is 8.79. The molecule has 146 valence electrons. The van der Waals surface area contributed by atoms with Crippen LogP contribution in [0.1, 0.15) is 50.3 Å². The van der Waals surface area contributed by atoms with E-state index >= 15 is 0 Å². The Balaban J connectivity index is 2.27. The lowest BCUT2D eigenvalue weighted by atomic mass is 9.97. The van der Waals surface area contributed by atoms with Crippen LogP contribution in [-0.2, 0) is 9.59 Å². The highest BCUT2D eigenvalue weighted by Crippen LogP contribution is 2.25. The molecule has 2 rings (SSSR count). The molecule has 0 bridgehead atoms. The smallest absolute Gasteiger partial charge is 0.243 e. The van der Waals surface area contributed by atoms with E-state index in [1.54, 1.807) is 0 Å². The van der Waals surface area contributed by atoms with Gasteiger partial charge in [0.05, 0.1) is 12.6 Å². The van der Waals surface area contributed by atoms with Crippen LogP contribution in [0, 0.1) is 0 Å². The number of hydrogen-bond donors (Lipinski definition) is 3. The third kappa shape index (κ3) is 4.93. The van der Waals surface area contributed by atoms with Gasteiger partial charge in [-0.25, -0.2) is 4.39 Å². The van der Waals surface area contributed by atoms with Crippen LogP contribution in [0.15, 0.2) is 36.0 Å². The Morgan fingerprint density at radius 1 is 1.30 bits per heavy atom. The Morgan fingerprint density at radius 2 is 1.89 bits per heavy atom. The maximum Gasteiger partial charge on any atom is 0.243 e. The summed E-state index contributed by atoms with van der Waals surface area (Å²) in [5.74, 6) is -0.384. The normalized spacial score (nSPS) is 21.2. The van der Waals surface area contributed by atoms with Crippen molar-refractivity contribution in [3.8, 4) is 0 Å². The van der Waals surface area contributed by atoms with Crippen molar-refractivity contribution in [2.45, 2.75) is 51.4 Å². The largest absolute Gasteiger partial charge is 0.400 e. The second-order valence-corrected chi connectivity index (χ2v) is 7.14. The van der Waals surface area contributed by atoms with E-state index in [4.69, 9.17) is 11.1 Å². The average Bonchev–Trinajstić information content (AvgIpc) is 3.02. The summed E-state index contributed by atoms with van der Waals surface area (Å²) >= 11 is 0. The standard InChI is InChI=1S/C20H27FN4O2/c1-12(2)14-4-6-15(7-5-14)19(17(23)8-9-22)24-20(27)18-10-16(21)11-25(18)13(3)26/h4-9,12,16,18-19,22H,10-11,23H2,1-3H3,(H,24,27)/p+1/b17-8-,22-9?/t16-,18+,19-/m1/s1. The van der Waals surface area contributed by atoms with Crippen LogP contribution in [0.5, 0.6) is 0 Å². The van der Waals surface area contributed by atoms with E-state index in [1.165, 1.54) is 24.1 Å². The Kier molecular flexibility index (Phi) is 6.71. The molecule has 3 atom stereocenters. The molecule has 1 saturated heterocycles. The Labute approximate surface area is 159 Å². The van der Waals surface area contributed by atoms with Gasteiger partial charge in [-0.2, -0.15) is 0 Å². The number of benzene rings is 1. The predicted octanol–water partition coefficient (Wildman–Crippen LogP) is 0.599. The van der Waals surface area contributed by atoms with Gasteiger partial charge in [0.15, 0.2) is 6.21 Å². The summed E-state index contributed by atoms with van der Waals surface area (Å²) in [5, 5.41) is 8.29. The number of alkyl halides is 1. The molecule has 1 aliphatic heterocycles. The van der Waals surface area contributed by atoms with Gasteiger partial charge < -0.3 is 16.0 Å². The molecule has 0 saturated carbocycles. The van der Waals surface area contributed by atoms with E-state index in [-0.39, 0.29) is 18.9 Å². The molecule has 2 amide bonds. The summed E-state index contributed by atoms with van der Waals surface area (Å²) in [5.41, 5.74) is 8.41. The predicted molar refractivity (Wildman–Crippen MR) is 102 cm³/mol. The van der Waals surface area contributed by atoms with E-state index in [2.05, 4.69) is 19.2 Å². The highest BCUT2D eigenvalue weighted by Gasteiger charge is 2.39. The number of carbonyl (C=O) groups is 2. The van der Waals surface area contributed by atoms with Crippen LogP contribution in [0.4, 0.5) is 4.39 Å². The van der Waals surface area contributed by atoms with Crippen LogP contribution in [0.3, 0.4) is 0 Å². The molecule has 1 aromatic carbocycles. The fourth-order valence-electron chi connectivity index (χ4n) is 3.26. The van der Waals surface area contributed by atoms with Crippen molar-refractivity contribution in [1.82, 2.24) is 10.2 Å². The summed E-state index contributed by atoms with van der Waals surface area (Å²) in [7, 11) is 0. The zero-order valence-corrected chi connectivity index (χ0v) is 16.0. The maximum atomic E-state index is 13.8. The molecule has 0 spiro atoms. The third-order valence-corrected chi connectivity index (χ3v) is 4.80. The molecule has 6 nitrogen and oxygen atoms in total. The number of nitrogens with one attached hydrogen (secondary N) is 1. The Bertz CT molecular complexity index is 730. The first-order valence-corrected chi connectivity index (χ1v) is 9.06. The molecule has 0 aliphatic carbocycles. The number of nitrogens with two attached hydrogens (primary N) is 2. The number of allylic oxidation sites excluding steroid dienone is 1. The quantitative estimate of drug-likeness (QED) is 0.635. The van der Waals surface area contributed by atoms with Crippen molar-refractivity contribution in [2.24, 2.45) is 5.73 Å². The van der Waals surface area contributed by atoms with Crippen LogP contribution in [-0.4, -0.2) is 41.7 Å². The molecule has 7 heteroatoms.